The summed E-state index contributed by atoms with van der Waals surface area (Å²) in [7, 11) is 0. The number of hydrogen-bond donors (Lipinski definition) is 1. The fourth-order valence-electron chi connectivity index (χ4n) is 2.26. The third-order valence-electron chi connectivity index (χ3n) is 3.34. The summed E-state index contributed by atoms with van der Waals surface area (Å²) in [6.07, 6.45) is 5.67. The summed E-state index contributed by atoms with van der Waals surface area (Å²) in [6.45, 7) is 0.923. The molecule has 1 saturated heterocycles. The van der Waals surface area contributed by atoms with Crippen molar-refractivity contribution in [3.05, 3.63) is 28.7 Å². The van der Waals surface area contributed by atoms with Crippen molar-refractivity contribution in [2.24, 2.45) is 0 Å². The number of thioether (sulfide) groups is 1. The Balaban J connectivity index is 1.58. The number of ether oxygens (including phenoxy) is 1. The number of aliphatic hydroxyl groups is 1. The standard InChI is InChI=1S/C15H21BrO2S/c16-12-6-8-15(9-7-12)19-11-13(17)3-1-4-14-5-2-10-18-14/h6-9,13-14,17H,1-5,10-11H2. The molecule has 2 rings (SSSR count). The Morgan fingerprint density at radius 1 is 1.37 bits per heavy atom. The molecule has 1 aliphatic rings. The van der Waals surface area contributed by atoms with Gasteiger partial charge >= 0.3 is 0 Å². The van der Waals surface area contributed by atoms with Gasteiger partial charge in [-0.2, -0.15) is 0 Å². The quantitative estimate of drug-likeness (QED) is 0.749. The lowest BCUT2D eigenvalue weighted by Gasteiger charge is -2.12. The van der Waals surface area contributed by atoms with Crippen molar-refractivity contribution < 1.29 is 9.84 Å². The molecular formula is C15H21BrO2S. The van der Waals surface area contributed by atoms with Gasteiger partial charge in [-0.25, -0.2) is 0 Å². The molecule has 0 aromatic heterocycles. The van der Waals surface area contributed by atoms with Gasteiger partial charge < -0.3 is 9.84 Å². The van der Waals surface area contributed by atoms with Gasteiger partial charge in [0, 0.05) is 21.7 Å². The number of halogens is 1. The van der Waals surface area contributed by atoms with E-state index in [4.69, 9.17) is 4.74 Å². The Hall–Kier alpha value is -0.0300. The van der Waals surface area contributed by atoms with Crippen LogP contribution in [0.3, 0.4) is 0 Å². The van der Waals surface area contributed by atoms with E-state index in [0.29, 0.717) is 6.10 Å². The van der Waals surface area contributed by atoms with E-state index in [0.717, 1.165) is 36.1 Å². The molecule has 1 heterocycles. The van der Waals surface area contributed by atoms with Gasteiger partial charge in [-0.1, -0.05) is 15.9 Å². The molecule has 1 N–H and O–H groups in total. The SMILES string of the molecule is OC(CCCC1CCCO1)CSc1ccc(Br)cc1. The first-order chi connectivity index (χ1) is 9.24. The third kappa shape index (κ3) is 5.86. The molecule has 2 unspecified atom stereocenters. The second-order valence-electron chi connectivity index (χ2n) is 4.98. The molecule has 0 bridgehead atoms. The second kappa shape index (κ2) is 8.30. The molecule has 0 saturated carbocycles. The van der Waals surface area contributed by atoms with Crippen LogP contribution in [0.1, 0.15) is 32.1 Å². The fraction of sp³-hybridized carbons (Fsp3) is 0.600. The Labute approximate surface area is 128 Å². The van der Waals surface area contributed by atoms with Crippen LogP contribution >= 0.6 is 27.7 Å². The monoisotopic (exact) mass is 344 g/mol. The molecular weight excluding hydrogens is 324 g/mol. The highest BCUT2D eigenvalue weighted by atomic mass is 79.9. The van der Waals surface area contributed by atoms with Crippen LogP contribution in [0.2, 0.25) is 0 Å². The van der Waals surface area contributed by atoms with Crippen molar-refractivity contribution in [3.8, 4) is 0 Å². The zero-order valence-corrected chi connectivity index (χ0v) is 13.5. The lowest BCUT2D eigenvalue weighted by atomic mass is 10.1. The van der Waals surface area contributed by atoms with E-state index in [9.17, 15) is 5.11 Å². The van der Waals surface area contributed by atoms with Gasteiger partial charge in [0.25, 0.3) is 0 Å². The molecule has 0 spiro atoms. The number of hydrogen-bond acceptors (Lipinski definition) is 3. The summed E-state index contributed by atoms with van der Waals surface area (Å²) < 4.78 is 6.68. The van der Waals surface area contributed by atoms with Gasteiger partial charge in [0.15, 0.2) is 0 Å². The van der Waals surface area contributed by atoms with E-state index in [1.807, 2.05) is 12.1 Å². The van der Waals surface area contributed by atoms with Crippen molar-refractivity contribution in [1.29, 1.82) is 0 Å². The minimum Gasteiger partial charge on any atom is -0.392 e. The van der Waals surface area contributed by atoms with E-state index >= 15 is 0 Å². The van der Waals surface area contributed by atoms with Crippen LogP contribution in [-0.2, 0) is 4.74 Å². The molecule has 1 fully saturated rings. The number of benzene rings is 1. The molecule has 0 radical (unpaired) electrons. The first-order valence-electron chi connectivity index (χ1n) is 6.92. The van der Waals surface area contributed by atoms with Gasteiger partial charge in [0.2, 0.25) is 0 Å². The van der Waals surface area contributed by atoms with E-state index in [-0.39, 0.29) is 6.10 Å². The molecule has 19 heavy (non-hydrogen) atoms. The van der Waals surface area contributed by atoms with Crippen LogP contribution in [0.25, 0.3) is 0 Å². The van der Waals surface area contributed by atoms with Crippen LogP contribution in [-0.4, -0.2) is 29.7 Å². The maximum Gasteiger partial charge on any atom is 0.0634 e. The minimum absolute atomic E-state index is 0.213. The molecule has 0 aliphatic carbocycles. The first-order valence-corrected chi connectivity index (χ1v) is 8.70. The lowest BCUT2D eigenvalue weighted by molar-refractivity contribution is 0.0966. The highest BCUT2D eigenvalue weighted by Crippen LogP contribution is 2.23. The molecule has 1 aromatic carbocycles. The average Bonchev–Trinajstić information content (AvgIpc) is 2.91. The summed E-state index contributed by atoms with van der Waals surface area (Å²) in [6, 6.07) is 8.22. The highest BCUT2D eigenvalue weighted by molar-refractivity contribution is 9.10. The molecule has 2 atom stereocenters. The van der Waals surface area contributed by atoms with Crippen molar-refractivity contribution in [2.75, 3.05) is 12.4 Å². The van der Waals surface area contributed by atoms with E-state index in [2.05, 4.69) is 28.1 Å². The Kier molecular flexibility index (Phi) is 6.71. The van der Waals surface area contributed by atoms with Crippen LogP contribution in [0.15, 0.2) is 33.6 Å². The van der Waals surface area contributed by atoms with Crippen molar-refractivity contribution in [2.45, 2.75) is 49.2 Å². The zero-order valence-electron chi connectivity index (χ0n) is 11.1. The van der Waals surface area contributed by atoms with Gasteiger partial charge in [0.1, 0.15) is 0 Å². The normalized spacial score (nSPS) is 20.6. The number of rotatable bonds is 7. The van der Waals surface area contributed by atoms with Crippen LogP contribution < -0.4 is 0 Å². The maximum absolute atomic E-state index is 9.97. The smallest absolute Gasteiger partial charge is 0.0634 e. The third-order valence-corrected chi connectivity index (χ3v) is 5.03. The van der Waals surface area contributed by atoms with Crippen LogP contribution in [0.4, 0.5) is 0 Å². The van der Waals surface area contributed by atoms with Crippen molar-refractivity contribution in [3.63, 3.8) is 0 Å². The highest BCUT2D eigenvalue weighted by Gasteiger charge is 2.15. The molecule has 4 heteroatoms. The number of aliphatic hydroxyl groups excluding tert-OH is 1. The molecule has 2 nitrogen and oxygen atoms in total. The zero-order chi connectivity index (χ0) is 13.5. The van der Waals surface area contributed by atoms with Crippen LogP contribution in [0.5, 0.6) is 0 Å². The molecule has 1 aliphatic heterocycles. The summed E-state index contributed by atoms with van der Waals surface area (Å²) in [5.74, 6) is 0.771. The Morgan fingerprint density at radius 3 is 2.84 bits per heavy atom. The summed E-state index contributed by atoms with van der Waals surface area (Å²) in [5.41, 5.74) is 0. The van der Waals surface area contributed by atoms with Crippen LogP contribution in [0, 0.1) is 0 Å². The lowest BCUT2D eigenvalue weighted by Crippen LogP contribution is -2.12. The van der Waals surface area contributed by atoms with Gasteiger partial charge in [-0.15, -0.1) is 11.8 Å². The summed E-state index contributed by atoms with van der Waals surface area (Å²) in [5, 5.41) is 9.97. The Bertz CT molecular complexity index is 363. The summed E-state index contributed by atoms with van der Waals surface area (Å²) >= 11 is 5.14. The topological polar surface area (TPSA) is 29.5 Å². The molecule has 106 valence electrons. The van der Waals surface area contributed by atoms with Gasteiger partial charge in [-0.3, -0.25) is 0 Å². The first kappa shape index (κ1) is 15.4. The fourth-order valence-corrected chi connectivity index (χ4v) is 3.40. The van der Waals surface area contributed by atoms with E-state index in [1.165, 1.54) is 17.7 Å². The van der Waals surface area contributed by atoms with Crippen molar-refractivity contribution >= 4 is 27.7 Å². The van der Waals surface area contributed by atoms with Gasteiger partial charge in [0.05, 0.1) is 12.2 Å². The average molecular weight is 345 g/mol. The van der Waals surface area contributed by atoms with Crippen molar-refractivity contribution in [1.82, 2.24) is 0 Å². The predicted octanol–water partition coefficient (Wildman–Crippen LogP) is 4.25. The van der Waals surface area contributed by atoms with Gasteiger partial charge in [-0.05, 0) is 56.4 Å². The predicted molar refractivity (Wildman–Crippen MR) is 83.7 cm³/mol. The maximum atomic E-state index is 9.97. The minimum atomic E-state index is -0.213. The summed E-state index contributed by atoms with van der Waals surface area (Å²) in [4.78, 5) is 1.21. The van der Waals surface area contributed by atoms with E-state index in [1.54, 1.807) is 11.8 Å². The second-order valence-corrected chi connectivity index (χ2v) is 6.99. The molecule has 0 amide bonds. The van der Waals surface area contributed by atoms with E-state index < -0.39 is 0 Å². The largest absolute Gasteiger partial charge is 0.392 e. The molecule has 1 aromatic rings. The Morgan fingerprint density at radius 2 is 2.16 bits per heavy atom.